The van der Waals surface area contributed by atoms with Crippen LogP contribution in [0, 0.1) is 0 Å². The number of benzene rings is 1. The second kappa shape index (κ2) is 7.79. The maximum Gasteiger partial charge on any atom is 0.243 e. The number of carbonyl (C=O) groups excluding carboxylic acids is 1. The average Bonchev–Trinajstić information content (AvgIpc) is 2.56. The van der Waals surface area contributed by atoms with Gasteiger partial charge in [0.25, 0.3) is 0 Å². The van der Waals surface area contributed by atoms with Crippen molar-refractivity contribution in [3.05, 3.63) is 24.3 Å². The van der Waals surface area contributed by atoms with Gasteiger partial charge in [-0.05, 0) is 44.0 Å². The van der Waals surface area contributed by atoms with E-state index in [1.165, 1.54) is 4.31 Å². The van der Waals surface area contributed by atoms with Gasteiger partial charge in [-0.1, -0.05) is 6.92 Å². The van der Waals surface area contributed by atoms with E-state index < -0.39 is 10.0 Å². The second-order valence-electron chi connectivity index (χ2n) is 5.50. The lowest BCUT2D eigenvalue weighted by Gasteiger charge is -2.31. The molecule has 23 heavy (non-hydrogen) atoms. The van der Waals surface area contributed by atoms with Crippen molar-refractivity contribution in [1.29, 1.82) is 0 Å². The van der Waals surface area contributed by atoms with E-state index in [1.54, 1.807) is 31.2 Å². The van der Waals surface area contributed by atoms with E-state index >= 15 is 0 Å². The molecule has 128 valence electrons. The zero-order valence-electron chi connectivity index (χ0n) is 13.6. The van der Waals surface area contributed by atoms with Crippen LogP contribution in [0.25, 0.3) is 0 Å². The number of ether oxygens (including phenoxy) is 1. The Bertz CT molecular complexity index is 620. The number of sulfonamides is 1. The average molecular weight is 340 g/mol. The summed E-state index contributed by atoms with van der Waals surface area (Å²) >= 11 is 0. The standard InChI is InChI=1S/C16H24N2O4S/c1-3-16(19)17-13-9-11-18(12-10-13)23(20,21)15-7-5-14(6-8-15)22-4-2/h5-8,13H,3-4,9-12H2,1-2H3,(H,17,19). The number of carbonyl (C=O) groups is 1. The lowest BCUT2D eigenvalue weighted by Crippen LogP contribution is -2.46. The molecule has 0 radical (unpaired) electrons. The molecular formula is C16H24N2O4S. The van der Waals surface area contributed by atoms with Gasteiger partial charge in [0.15, 0.2) is 0 Å². The Morgan fingerprint density at radius 3 is 2.35 bits per heavy atom. The summed E-state index contributed by atoms with van der Waals surface area (Å²) in [6.07, 6.45) is 1.73. The number of piperidine rings is 1. The molecule has 1 saturated heterocycles. The molecule has 0 aromatic heterocycles. The van der Waals surface area contributed by atoms with Gasteiger partial charge in [-0.2, -0.15) is 4.31 Å². The van der Waals surface area contributed by atoms with Crippen LogP contribution in [-0.2, 0) is 14.8 Å². The molecule has 1 aliphatic rings. The molecular weight excluding hydrogens is 316 g/mol. The summed E-state index contributed by atoms with van der Waals surface area (Å²) < 4.78 is 32.1. The number of nitrogens with one attached hydrogen (secondary N) is 1. The topological polar surface area (TPSA) is 75.7 Å². The van der Waals surface area contributed by atoms with Crippen molar-refractivity contribution < 1.29 is 17.9 Å². The molecule has 1 heterocycles. The number of hydrogen-bond acceptors (Lipinski definition) is 4. The first-order valence-corrected chi connectivity index (χ1v) is 9.43. The minimum Gasteiger partial charge on any atom is -0.494 e. The molecule has 0 unspecified atom stereocenters. The minimum absolute atomic E-state index is 0.0119. The van der Waals surface area contributed by atoms with E-state index in [1.807, 2.05) is 6.92 Å². The van der Waals surface area contributed by atoms with E-state index in [0.29, 0.717) is 44.7 Å². The first-order valence-electron chi connectivity index (χ1n) is 7.99. The van der Waals surface area contributed by atoms with Crippen LogP contribution in [-0.4, -0.2) is 44.4 Å². The molecule has 2 rings (SSSR count). The molecule has 1 N–H and O–H groups in total. The first kappa shape index (κ1) is 17.7. The van der Waals surface area contributed by atoms with Crippen molar-refractivity contribution in [2.24, 2.45) is 0 Å². The molecule has 1 fully saturated rings. The molecule has 7 heteroatoms. The maximum absolute atomic E-state index is 12.6. The third kappa shape index (κ3) is 4.45. The van der Waals surface area contributed by atoms with Gasteiger partial charge in [-0.25, -0.2) is 8.42 Å². The Balaban J connectivity index is 1.99. The number of amides is 1. The van der Waals surface area contributed by atoms with Gasteiger partial charge in [0.05, 0.1) is 11.5 Å². The van der Waals surface area contributed by atoms with Gasteiger partial charge in [0.2, 0.25) is 15.9 Å². The van der Waals surface area contributed by atoms with Crippen LogP contribution in [0.15, 0.2) is 29.2 Å². The summed E-state index contributed by atoms with van der Waals surface area (Å²) in [6, 6.07) is 6.56. The highest BCUT2D eigenvalue weighted by Crippen LogP contribution is 2.23. The Morgan fingerprint density at radius 2 is 1.83 bits per heavy atom. The lowest BCUT2D eigenvalue weighted by molar-refractivity contribution is -0.121. The summed E-state index contributed by atoms with van der Waals surface area (Å²) in [4.78, 5) is 11.7. The van der Waals surface area contributed by atoms with Crippen LogP contribution in [0.4, 0.5) is 0 Å². The largest absolute Gasteiger partial charge is 0.494 e. The van der Waals surface area contributed by atoms with Crippen LogP contribution in [0.3, 0.4) is 0 Å². The molecule has 6 nitrogen and oxygen atoms in total. The molecule has 1 amide bonds. The van der Waals surface area contributed by atoms with Crippen molar-refractivity contribution in [2.45, 2.75) is 44.0 Å². The summed E-state index contributed by atoms with van der Waals surface area (Å²) in [7, 11) is -3.49. The predicted octanol–water partition coefficient (Wildman–Crippen LogP) is 1.76. The molecule has 1 aliphatic heterocycles. The van der Waals surface area contributed by atoms with Gasteiger partial charge in [-0.15, -0.1) is 0 Å². The number of hydrogen-bond donors (Lipinski definition) is 1. The molecule has 0 atom stereocenters. The van der Waals surface area contributed by atoms with Crippen LogP contribution in [0.1, 0.15) is 33.1 Å². The summed E-state index contributed by atoms with van der Waals surface area (Å²) in [6.45, 7) is 5.07. The monoisotopic (exact) mass is 340 g/mol. The molecule has 0 spiro atoms. The fourth-order valence-electron chi connectivity index (χ4n) is 2.59. The quantitative estimate of drug-likeness (QED) is 0.856. The van der Waals surface area contributed by atoms with Crippen LogP contribution >= 0.6 is 0 Å². The van der Waals surface area contributed by atoms with Gasteiger partial charge in [0.1, 0.15) is 5.75 Å². The SMILES string of the molecule is CCOc1ccc(S(=O)(=O)N2CCC(NC(=O)CC)CC2)cc1. The van der Waals surface area contributed by atoms with Gasteiger partial charge in [-0.3, -0.25) is 4.79 Å². The van der Waals surface area contributed by atoms with E-state index in [-0.39, 0.29) is 16.8 Å². The zero-order chi connectivity index (χ0) is 16.9. The summed E-state index contributed by atoms with van der Waals surface area (Å²) in [5.41, 5.74) is 0. The number of rotatable bonds is 6. The van der Waals surface area contributed by atoms with Crippen molar-refractivity contribution >= 4 is 15.9 Å². The van der Waals surface area contributed by atoms with Crippen molar-refractivity contribution in [2.75, 3.05) is 19.7 Å². The summed E-state index contributed by atoms with van der Waals surface area (Å²) in [5, 5.41) is 2.92. The third-order valence-corrected chi connectivity index (χ3v) is 5.83. The maximum atomic E-state index is 12.6. The van der Waals surface area contributed by atoms with E-state index in [0.717, 1.165) is 0 Å². The van der Waals surface area contributed by atoms with Crippen LogP contribution < -0.4 is 10.1 Å². The van der Waals surface area contributed by atoms with Crippen molar-refractivity contribution in [1.82, 2.24) is 9.62 Å². The highest BCUT2D eigenvalue weighted by atomic mass is 32.2. The Kier molecular flexibility index (Phi) is 6.01. The van der Waals surface area contributed by atoms with Crippen LogP contribution in [0.5, 0.6) is 5.75 Å². The van der Waals surface area contributed by atoms with Crippen LogP contribution in [0.2, 0.25) is 0 Å². The fourth-order valence-corrected chi connectivity index (χ4v) is 4.06. The van der Waals surface area contributed by atoms with Gasteiger partial charge in [0, 0.05) is 25.6 Å². The summed E-state index contributed by atoms with van der Waals surface area (Å²) in [5.74, 6) is 0.672. The Morgan fingerprint density at radius 1 is 1.22 bits per heavy atom. The number of nitrogens with zero attached hydrogens (tertiary/aromatic N) is 1. The zero-order valence-corrected chi connectivity index (χ0v) is 14.4. The molecule has 0 aliphatic carbocycles. The molecule has 1 aromatic rings. The van der Waals surface area contributed by atoms with Gasteiger partial charge < -0.3 is 10.1 Å². The van der Waals surface area contributed by atoms with E-state index in [4.69, 9.17) is 4.74 Å². The Labute approximate surface area is 137 Å². The van der Waals surface area contributed by atoms with Crippen molar-refractivity contribution in [3.8, 4) is 5.75 Å². The second-order valence-corrected chi connectivity index (χ2v) is 7.44. The fraction of sp³-hybridized carbons (Fsp3) is 0.562. The minimum atomic E-state index is -3.49. The molecule has 1 aromatic carbocycles. The van der Waals surface area contributed by atoms with E-state index in [2.05, 4.69) is 5.32 Å². The normalized spacial score (nSPS) is 17.0. The molecule has 0 saturated carbocycles. The lowest BCUT2D eigenvalue weighted by atomic mass is 10.1. The van der Waals surface area contributed by atoms with Crippen molar-refractivity contribution in [3.63, 3.8) is 0 Å². The predicted molar refractivity (Wildman–Crippen MR) is 87.8 cm³/mol. The smallest absolute Gasteiger partial charge is 0.243 e. The highest BCUT2D eigenvalue weighted by Gasteiger charge is 2.29. The first-order chi connectivity index (χ1) is 11.0. The highest BCUT2D eigenvalue weighted by molar-refractivity contribution is 7.89. The Hall–Kier alpha value is -1.60. The molecule has 0 bridgehead atoms. The van der Waals surface area contributed by atoms with Gasteiger partial charge >= 0.3 is 0 Å². The third-order valence-electron chi connectivity index (χ3n) is 3.91. The van der Waals surface area contributed by atoms with E-state index in [9.17, 15) is 13.2 Å².